The summed E-state index contributed by atoms with van der Waals surface area (Å²) >= 11 is 0. The van der Waals surface area contributed by atoms with Crippen molar-refractivity contribution in [2.24, 2.45) is 5.73 Å². The van der Waals surface area contributed by atoms with Crippen LogP contribution in [0.5, 0.6) is 0 Å². The summed E-state index contributed by atoms with van der Waals surface area (Å²) in [5, 5.41) is 0. The van der Waals surface area contributed by atoms with E-state index in [-0.39, 0.29) is 28.5 Å². The third kappa shape index (κ3) is 28.9. The molecule has 1 fully saturated rings. The molecule has 58 valence electrons. The summed E-state index contributed by atoms with van der Waals surface area (Å²) in [5.74, 6) is 0. The Balaban J connectivity index is -0.0000000680. The maximum absolute atomic E-state index is 4.74. The van der Waals surface area contributed by atoms with Crippen LogP contribution in [0.1, 0.15) is 14.4 Å². The van der Waals surface area contributed by atoms with Gasteiger partial charge in [-0.25, -0.2) is 0 Å². The van der Waals surface area contributed by atoms with Gasteiger partial charge in [0.15, 0.2) is 0 Å². The van der Waals surface area contributed by atoms with Gasteiger partial charge in [0.05, 0.1) is 12.7 Å². The Kier molecular flexibility index (Phi) is 20.7. The van der Waals surface area contributed by atoms with Crippen molar-refractivity contribution in [2.45, 2.75) is 20.5 Å². The van der Waals surface area contributed by atoms with Crippen LogP contribution in [0.25, 0.3) is 0 Å². The van der Waals surface area contributed by atoms with Gasteiger partial charge in [-0.05, 0) is 6.92 Å². The van der Waals surface area contributed by atoms with Gasteiger partial charge in [-0.2, -0.15) is 0 Å². The summed E-state index contributed by atoms with van der Waals surface area (Å²) in [7, 11) is 0. The third-order valence-corrected chi connectivity index (χ3v) is 0.500. The van der Waals surface area contributed by atoms with E-state index in [1.807, 2.05) is 0 Å². The van der Waals surface area contributed by atoms with Gasteiger partial charge in [0.25, 0.3) is 0 Å². The number of ether oxygens (including phenoxy) is 1. The van der Waals surface area contributed by atoms with E-state index in [4.69, 9.17) is 10.5 Å². The largest absolute Gasteiger partial charge is 0.373 e. The Bertz CT molecular complexity index is 40.0. The molecule has 0 aliphatic carbocycles. The monoisotopic (exact) mass is 302 g/mol. The van der Waals surface area contributed by atoms with E-state index in [1.165, 1.54) is 0 Å². The van der Waals surface area contributed by atoms with E-state index in [0.29, 0.717) is 12.6 Å². The first kappa shape index (κ1) is 16.3. The van der Waals surface area contributed by atoms with Gasteiger partial charge in [-0.1, -0.05) is 7.43 Å². The van der Waals surface area contributed by atoms with Gasteiger partial charge < -0.3 is 17.4 Å². The van der Waals surface area contributed by atoms with Crippen LogP contribution in [-0.2, 0) is 25.8 Å². The average molecular weight is 302 g/mol. The number of nitrogens with two attached hydrogens (primary N) is 1. The van der Waals surface area contributed by atoms with E-state index in [0.717, 1.165) is 6.61 Å². The maximum Gasteiger partial charge on any atom is 0.0781 e. The molecule has 3 heteroatoms. The second-order valence-corrected chi connectivity index (χ2v) is 1.43. The Labute approximate surface area is 72.4 Å². The zero-order chi connectivity index (χ0) is 5.70. The molecule has 0 saturated carbocycles. The molecule has 0 amide bonds. The predicted molar refractivity (Wildman–Crippen MR) is 36.6 cm³/mol. The molecule has 1 heterocycles. The molecule has 0 spiro atoms. The molecule has 0 aromatic carbocycles. The van der Waals surface area contributed by atoms with Gasteiger partial charge >= 0.3 is 0 Å². The van der Waals surface area contributed by atoms with Crippen molar-refractivity contribution < 1.29 is 25.8 Å². The molecule has 9 heavy (non-hydrogen) atoms. The molecule has 2 N–H and O–H groups in total. The normalized spacial score (nSPS) is 19.7. The predicted octanol–water partition coefficient (Wildman–Crippen LogP) is 0.818. The van der Waals surface area contributed by atoms with E-state index in [1.54, 1.807) is 0 Å². The summed E-state index contributed by atoms with van der Waals surface area (Å²) in [5.41, 5.74) is 4.74. The van der Waals surface area contributed by atoms with Gasteiger partial charge in [-0.3, -0.25) is 0 Å². The zero-order valence-electron chi connectivity index (χ0n) is 5.09. The van der Waals surface area contributed by atoms with Crippen molar-refractivity contribution in [3.63, 3.8) is 0 Å². The first-order valence-corrected chi connectivity index (χ1v) is 2.42. The standard InChI is InChI=1S/C3H6O.C2H6N.CH4.W/c1-3-2-4-3;1-2-3;;/h3H,2H2,1H3;1-3H2;1H4;/q;-1;;. The fraction of sp³-hybridized carbons (Fsp3) is 0.833. The van der Waals surface area contributed by atoms with Crippen molar-refractivity contribution in [1.29, 1.82) is 0 Å². The molecular weight excluding hydrogens is 286 g/mol. The minimum Gasteiger partial charge on any atom is -0.373 e. The molecule has 1 rings (SSSR count). The Hall–Kier alpha value is 0.608. The molecule has 2 nitrogen and oxygen atoms in total. The fourth-order valence-electron chi connectivity index (χ4n) is 0.0962. The van der Waals surface area contributed by atoms with Crippen LogP contribution >= 0.6 is 0 Å². The summed E-state index contributed by atoms with van der Waals surface area (Å²) in [6.45, 7) is 6.81. The maximum atomic E-state index is 4.74. The van der Waals surface area contributed by atoms with Gasteiger partial charge in [0.1, 0.15) is 0 Å². The minimum atomic E-state index is 0. The fourth-order valence-corrected chi connectivity index (χ4v) is 0.0962. The van der Waals surface area contributed by atoms with Crippen LogP contribution in [-0.4, -0.2) is 19.3 Å². The molecule has 1 unspecified atom stereocenters. The second kappa shape index (κ2) is 11.4. The van der Waals surface area contributed by atoms with Crippen molar-refractivity contribution in [1.82, 2.24) is 0 Å². The Morgan fingerprint density at radius 3 is 1.89 bits per heavy atom. The van der Waals surface area contributed by atoms with Crippen LogP contribution < -0.4 is 5.73 Å². The van der Waals surface area contributed by atoms with Crippen LogP contribution in [0.2, 0.25) is 0 Å². The van der Waals surface area contributed by atoms with Crippen molar-refractivity contribution in [2.75, 3.05) is 13.2 Å². The van der Waals surface area contributed by atoms with Crippen molar-refractivity contribution in [3.8, 4) is 0 Å². The molecule has 0 bridgehead atoms. The second-order valence-electron chi connectivity index (χ2n) is 1.43. The summed E-state index contributed by atoms with van der Waals surface area (Å²) in [4.78, 5) is 0. The van der Waals surface area contributed by atoms with Gasteiger partial charge in [0, 0.05) is 21.1 Å². The SMILES string of the molecule is C.CC1CO1.[CH2-]CN.[W]. The summed E-state index contributed by atoms with van der Waals surface area (Å²) in [6, 6.07) is 0. The first-order chi connectivity index (χ1) is 3.31. The Morgan fingerprint density at radius 2 is 1.89 bits per heavy atom. The van der Waals surface area contributed by atoms with Crippen LogP contribution in [0.3, 0.4) is 0 Å². The third-order valence-electron chi connectivity index (χ3n) is 0.500. The summed E-state index contributed by atoms with van der Waals surface area (Å²) < 4.78 is 4.71. The number of epoxide rings is 1. The van der Waals surface area contributed by atoms with E-state index in [9.17, 15) is 0 Å². The van der Waals surface area contributed by atoms with Gasteiger partial charge in [-0.15, -0.1) is 6.54 Å². The minimum absolute atomic E-state index is 0. The van der Waals surface area contributed by atoms with Crippen molar-refractivity contribution in [3.05, 3.63) is 6.92 Å². The average Bonchev–Trinajstić information content (AvgIpc) is 2.25. The molecule has 0 aromatic rings. The smallest absolute Gasteiger partial charge is 0.0781 e. The number of hydrogen-bond acceptors (Lipinski definition) is 2. The van der Waals surface area contributed by atoms with Crippen molar-refractivity contribution >= 4 is 0 Å². The Morgan fingerprint density at radius 1 is 1.78 bits per heavy atom. The first-order valence-electron chi connectivity index (χ1n) is 2.42. The van der Waals surface area contributed by atoms with E-state index < -0.39 is 0 Å². The molecule has 1 aliphatic heterocycles. The van der Waals surface area contributed by atoms with Crippen LogP contribution in [0.15, 0.2) is 0 Å². The molecule has 0 aromatic heterocycles. The van der Waals surface area contributed by atoms with Crippen LogP contribution in [0, 0.1) is 6.92 Å². The number of rotatable bonds is 0. The quantitative estimate of drug-likeness (QED) is 0.531. The number of hydrogen-bond donors (Lipinski definition) is 1. The molecule has 1 atom stereocenters. The molecule has 0 radical (unpaired) electrons. The molecular formula is C6H16NOW-. The molecule has 1 aliphatic rings. The van der Waals surface area contributed by atoms with E-state index in [2.05, 4.69) is 13.8 Å². The summed E-state index contributed by atoms with van der Waals surface area (Å²) in [6.07, 6.45) is 0.583. The zero-order valence-corrected chi connectivity index (χ0v) is 8.03. The van der Waals surface area contributed by atoms with Crippen LogP contribution in [0.4, 0.5) is 0 Å². The van der Waals surface area contributed by atoms with E-state index >= 15 is 0 Å². The molecule has 1 saturated heterocycles. The topological polar surface area (TPSA) is 38.5 Å². The van der Waals surface area contributed by atoms with Gasteiger partial charge in [0.2, 0.25) is 0 Å².